The minimum absolute atomic E-state index is 0.0310. The summed E-state index contributed by atoms with van der Waals surface area (Å²) in [6, 6.07) is 0.0969. The first-order valence-electron chi connectivity index (χ1n) is 4.76. The second-order valence-corrected chi connectivity index (χ2v) is 4.03. The Balaban J connectivity index is 2.14. The van der Waals surface area contributed by atoms with Crippen LogP contribution < -0.4 is 0 Å². The zero-order chi connectivity index (χ0) is 8.60. The van der Waals surface area contributed by atoms with E-state index in [1.54, 1.807) is 0 Å². The van der Waals surface area contributed by atoms with Crippen LogP contribution in [0.25, 0.3) is 0 Å². The van der Waals surface area contributed by atoms with E-state index in [-0.39, 0.29) is 24.9 Å². The Labute approximate surface area is 72.4 Å². The summed E-state index contributed by atoms with van der Waals surface area (Å²) < 4.78 is 12.5. The van der Waals surface area contributed by atoms with Crippen LogP contribution in [0.4, 0.5) is 4.39 Å². The largest absolute Gasteiger partial charge is 0.394 e. The lowest BCUT2D eigenvalue weighted by molar-refractivity contribution is 0.0708. The summed E-state index contributed by atoms with van der Waals surface area (Å²) in [5.41, 5.74) is -0.0310. The Kier molecular flexibility index (Phi) is 2.09. The number of hydrogen-bond donors (Lipinski definition) is 1. The van der Waals surface area contributed by atoms with E-state index in [1.807, 2.05) is 0 Å². The van der Waals surface area contributed by atoms with Crippen molar-refractivity contribution >= 4 is 0 Å². The Hall–Kier alpha value is -0.150. The fourth-order valence-electron chi connectivity index (χ4n) is 2.80. The lowest BCUT2D eigenvalue weighted by Gasteiger charge is -2.32. The van der Waals surface area contributed by atoms with Gasteiger partial charge in [0.1, 0.15) is 6.67 Å². The van der Waals surface area contributed by atoms with Crippen molar-refractivity contribution in [1.29, 1.82) is 0 Å². The predicted octanol–water partition coefficient (Wildman–Crippen LogP) is 0.945. The monoisotopic (exact) mass is 173 g/mol. The van der Waals surface area contributed by atoms with Crippen molar-refractivity contribution in [3.05, 3.63) is 0 Å². The highest BCUT2D eigenvalue weighted by Gasteiger charge is 2.48. The zero-order valence-corrected chi connectivity index (χ0v) is 7.30. The molecule has 2 rings (SSSR count). The van der Waals surface area contributed by atoms with Crippen molar-refractivity contribution in [3.8, 4) is 0 Å². The molecule has 0 aliphatic carbocycles. The molecule has 0 saturated carbocycles. The molecule has 2 aliphatic rings. The van der Waals surface area contributed by atoms with E-state index in [0.29, 0.717) is 0 Å². The van der Waals surface area contributed by atoms with Crippen LogP contribution in [0.15, 0.2) is 0 Å². The minimum atomic E-state index is -0.248. The molecule has 0 aromatic rings. The molecular weight excluding hydrogens is 157 g/mol. The molecule has 2 fully saturated rings. The van der Waals surface area contributed by atoms with E-state index in [0.717, 1.165) is 32.2 Å². The summed E-state index contributed by atoms with van der Waals surface area (Å²) in [6.07, 6.45) is 4.09. The fourth-order valence-corrected chi connectivity index (χ4v) is 2.80. The summed E-state index contributed by atoms with van der Waals surface area (Å²) >= 11 is 0. The van der Waals surface area contributed by atoms with Crippen LogP contribution in [-0.2, 0) is 0 Å². The lowest BCUT2D eigenvalue weighted by atomic mass is 9.95. The molecular formula is C9H16FNO. The molecule has 2 nitrogen and oxygen atoms in total. The number of halogens is 1. The van der Waals surface area contributed by atoms with Gasteiger partial charge in [-0.3, -0.25) is 4.90 Å². The fraction of sp³-hybridized carbons (Fsp3) is 1.00. The molecule has 0 amide bonds. The van der Waals surface area contributed by atoms with Gasteiger partial charge in [0.25, 0.3) is 0 Å². The topological polar surface area (TPSA) is 23.5 Å². The average molecular weight is 173 g/mol. The van der Waals surface area contributed by atoms with Crippen molar-refractivity contribution in [3.63, 3.8) is 0 Å². The SMILES string of the molecule is OC[C@]12CCCN1[C@H](CF)CC2. The second-order valence-electron chi connectivity index (χ2n) is 4.03. The number of aliphatic hydroxyl groups excluding tert-OH is 1. The van der Waals surface area contributed by atoms with Gasteiger partial charge in [0.2, 0.25) is 0 Å². The number of fused-ring (bicyclic) bond motifs is 1. The Bertz CT molecular complexity index is 176. The van der Waals surface area contributed by atoms with E-state index in [1.165, 1.54) is 0 Å². The third-order valence-electron chi connectivity index (χ3n) is 3.51. The molecule has 0 radical (unpaired) electrons. The van der Waals surface area contributed by atoms with Crippen molar-refractivity contribution in [2.45, 2.75) is 37.3 Å². The van der Waals surface area contributed by atoms with Crippen LogP contribution in [-0.4, -0.2) is 41.4 Å². The summed E-state index contributed by atoms with van der Waals surface area (Å²) in [6.45, 7) is 0.945. The van der Waals surface area contributed by atoms with Crippen molar-refractivity contribution in [1.82, 2.24) is 4.90 Å². The quantitative estimate of drug-likeness (QED) is 0.672. The third-order valence-corrected chi connectivity index (χ3v) is 3.51. The number of hydrogen-bond acceptors (Lipinski definition) is 2. The van der Waals surface area contributed by atoms with Gasteiger partial charge >= 0.3 is 0 Å². The zero-order valence-electron chi connectivity index (χ0n) is 7.30. The molecule has 2 aliphatic heterocycles. The third kappa shape index (κ3) is 0.995. The van der Waals surface area contributed by atoms with E-state index in [9.17, 15) is 9.50 Å². The van der Waals surface area contributed by atoms with Gasteiger partial charge in [-0.25, -0.2) is 4.39 Å². The molecule has 2 saturated heterocycles. The van der Waals surface area contributed by atoms with E-state index in [2.05, 4.69) is 4.90 Å². The minimum Gasteiger partial charge on any atom is -0.394 e. The number of alkyl halides is 1. The standard InChI is InChI=1S/C9H16FNO/c10-6-8-2-4-9(7-12)3-1-5-11(8)9/h8,12H,1-7H2/t8-,9+/m0/s1. The summed E-state index contributed by atoms with van der Waals surface area (Å²) in [4.78, 5) is 2.19. The number of aliphatic hydroxyl groups is 1. The van der Waals surface area contributed by atoms with Crippen molar-refractivity contribution in [2.75, 3.05) is 19.8 Å². The van der Waals surface area contributed by atoms with Gasteiger partial charge in [-0.15, -0.1) is 0 Å². The van der Waals surface area contributed by atoms with Crippen molar-refractivity contribution in [2.24, 2.45) is 0 Å². The second kappa shape index (κ2) is 2.96. The van der Waals surface area contributed by atoms with E-state index < -0.39 is 0 Å². The Morgan fingerprint density at radius 1 is 1.50 bits per heavy atom. The molecule has 0 spiro atoms. The highest BCUT2D eigenvalue weighted by Crippen LogP contribution is 2.41. The van der Waals surface area contributed by atoms with Crippen LogP contribution >= 0.6 is 0 Å². The first-order valence-corrected chi connectivity index (χ1v) is 4.76. The molecule has 1 N–H and O–H groups in total. The van der Waals surface area contributed by atoms with Gasteiger partial charge in [-0.1, -0.05) is 0 Å². The highest BCUT2D eigenvalue weighted by molar-refractivity contribution is 5.03. The van der Waals surface area contributed by atoms with E-state index >= 15 is 0 Å². The number of rotatable bonds is 2. The highest BCUT2D eigenvalue weighted by atomic mass is 19.1. The van der Waals surface area contributed by atoms with Gasteiger partial charge < -0.3 is 5.11 Å². The lowest BCUT2D eigenvalue weighted by Crippen LogP contribution is -2.45. The van der Waals surface area contributed by atoms with Gasteiger partial charge in [0.15, 0.2) is 0 Å². The molecule has 12 heavy (non-hydrogen) atoms. The van der Waals surface area contributed by atoms with Crippen LogP contribution in [0.3, 0.4) is 0 Å². The Morgan fingerprint density at radius 3 is 3.00 bits per heavy atom. The van der Waals surface area contributed by atoms with Gasteiger partial charge in [0.05, 0.1) is 6.61 Å². The smallest absolute Gasteiger partial charge is 0.105 e. The molecule has 0 aromatic carbocycles. The molecule has 0 aromatic heterocycles. The maximum absolute atomic E-state index is 12.5. The first kappa shape index (κ1) is 8.45. The van der Waals surface area contributed by atoms with E-state index in [4.69, 9.17) is 0 Å². The van der Waals surface area contributed by atoms with Crippen LogP contribution in [0, 0.1) is 0 Å². The van der Waals surface area contributed by atoms with Crippen LogP contribution in [0.5, 0.6) is 0 Å². The van der Waals surface area contributed by atoms with Gasteiger partial charge in [-0.05, 0) is 32.2 Å². The molecule has 2 heterocycles. The van der Waals surface area contributed by atoms with Crippen molar-refractivity contribution < 1.29 is 9.50 Å². The molecule has 0 bridgehead atoms. The molecule has 70 valence electrons. The normalized spacial score (nSPS) is 42.0. The Morgan fingerprint density at radius 2 is 2.33 bits per heavy atom. The van der Waals surface area contributed by atoms with Gasteiger partial charge in [0, 0.05) is 11.6 Å². The summed E-state index contributed by atoms with van der Waals surface area (Å²) in [5.74, 6) is 0. The maximum atomic E-state index is 12.5. The average Bonchev–Trinajstić information content (AvgIpc) is 2.61. The molecule has 3 heteroatoms. The summed E-state index contributed by atoms with van der Waals surface area (Å²) in [5, 5.41) is 9.28. The molecule has 0 unspecified atom stereocenters. The van der Waals surface area contributed by atoms with Gasteiger partial charge in [-0.2, -0.15) is 0 Å². The first-order chi connectivity index (χ1) is 5.82. The maximum Gasteiger partial charge on any atom is 0.105 e. The predicted molar refractivity (Wildman–Crippen MR) is 44.8 cm³/mol. The van der Waals surface area contributed by atoms with Crippen LogP contribution in [0.2, 0.25) is 0 Å². The molecule has 2 atom stereocenters. The number of nitrogens with zero attached hydrogens (tertiary/aromatic N) is 1. The van der Waals surface area contributed by atoms with Crippen LogP contribution in [0.1, 0.15) is 25.7 Å². The summed E-state index contributed by atoms with van der Waals surface area (Å²) in [7, 11) is 0.